The van der Waals surface area contributed by atoms with E-state index >= 15 is 0 Å². The standard InChI is InChI=1S/C12H17N3O2/c1-9-3-2-4-11(12(9)15(16)17)14-8-10-5-6-13-7-10/h2-4,10,13-14H,5-8H2,1H3. The molecule has 5 heteroatoms. The van der Waals surface area contributed by atoms with Crippen LogP contribution in [0.5, 0.6) is 0 Å². The Balaban J connectivity index is 2.09. The Kier molecular flexibility index (Phi) is 3.58. The molecule has 1 aromatic carbocycles. The van der Waals surface area contributed by atoms with Crippen LogP contribution in [0.1, 0.15) is 12.0 Å². The molecule has 0 saturated carbocycles. The lowest BCUT2D eigenvalue weighted by molar-refractivity contribution is -0.384. The molecule has 1 heterocycles. The maximum Gasteiger partial charge on any atom is 0.295 e. The van der Waals surface area contributed by atoms with E-state index in [1.54, 1.807) is 19.1 Å². The molecule has 1 fully saturated rings. The van der Waals surface area contributed by atoms with Gasteiger partial charge in [-0.3, -0.25) is 10.1 Å². The van der Waals surface area contributed by atoms with Crippen molar-refractivity contribution in [2.75, 3.05) is 25.0 Å². The zero-order valence-electron chi connectivity index (χ0n) is 9.90. The predicted molar refractivity (Wildman–Crippen MR) is 67.3 cm³/mol. The van der Waals surface area contributed by atoms with Crippen molar-refractivity contribution in [1.82, 2.24) is 5.32 Å². The van der Waals surface area contributed by atoms with E-state index in [0.717, 1.165) is 26.1 Å². The molecule has 2 rings (SSSR count). The third kappa shape index (κ3) is 2.74. The van der Waals surface area contributed by atoms with Crippen molar-refractivity contribution < 1.29 is 4.92 Å². The first kappa shape index (κ1) is 11.9. The lowest BCUT2D eigenvalue weighted by Crippen LogP contribution is -2.17. The van der Waals surface area contributed by atoms with E-state index in [-0.39, 0.29) is 10.6 Å². The fraction of sp³-hybridized carbons (Fsp3) is 0.500. The Labute approximate surface area is 100 Å². The number of aryl methyl sites for hydroxylation is 1. The zero-order chi connectivity index (χ0) is 12.3. The summed E-state index contributed by atoms with van der Waals surface area (Å²) in [5.41, 5.74) is 1.52. The predicted octanol–water partition coefficient (Wildman–Crippen LogP) is 1.92. The van der Waals surface area contributed by atoms with Gasteiger partial charge in [-0.1, -0.05) is 12.1 Å². The highest BCUT2D eigenvalue weighted by Crippen LogP contribution is 2.28. The number of nitro groups is 1. The van der Waals surface area contributed by atoms with Crippen LogP contribution in [0.25, 0.3) is 0 Å². The first-order valence-corrected chi connectivity index (χ1v) is 5.87. The molecule has 0 radical (unpaired) electrons. The fourth-order valence-electron chi connectivity index (χ4n) is 2.19. The second kappa shape index (κ2) is 5.14. The Morgan fingerprint density at radius 2 is 2.41 bits per heavy atom. The zero-order valence-corrected chi connectivity index (χ0v) is 9.90. The van der Waals surface area contributed by atoms with Gasteiger partial charge in [0.15, 0.2) is 0 Å². The van der Waals surface area contributed by atoms with Crippen LogP contribution in [0, 0.1) is 23.0 Å². The number of anilines is 1. The monoisotopic (exact) mass is 235 g/mol. The summed E-state index contributed by atoms with van der Waals surface area (Å²) in [5, 5.41) is 17.5. The molecule has 0 aromatic heterocycles. The number of hydrogen-bond acceptors (Lipinski definition) is 4. The van der Waals surface area contributed by atoms with Gasteiger partial charge in [-0.05, 0) is 38.4 Å². The molecular weight excluding hydrogens is 218 g/mol. The van der Waals surface area contributed by atoms with E-state index in [4.69, 9.17) is 0 Å². The van der Waals surface area contributed by atoms with Gasteiger partial charge in [0.05, 0.1) is 4.92 Å². The summed E-state index contributed by atoms with van der Waals surface area (Å²) in [6.45, 7) is 4.59. The van der Waals surface area contributed by atoms with Crippen molar-refractivity contribution in [2.24, 2.45) is 5.92 Å². The van der Waals surface area contributed by atoms with Gasteiger partial charge in [0.25, 0.3) is 5.69 Å². The SMILES string of the molecule is Cc1cccc(NCC2CCNC2)c1[N+](=O)[O-]. The summed E-state index contributed by atoms with van der Waals surface area (Å²) in [5.74, 6) is 0.565. The average molecular weight is 235 g/mol. The summed E-state index contributed by atoms with van der Waals surface area (Å²) >= 11 is 0. The Morgan fingerprint density at radius 3 is 3.06 bits per heavy atom. The molecule has 1 saturated heterocycles. The Bertz CT molecular complexity index is 414. The van der Waals surface area contributed by atoms with Crippen molar-refractivity contribution in [3.63, 3.8) is 0 Å². The number of nitrogens with one attached hydrogen (secondary N) is 2. The van der Waals surface area contributed by atoms with Crippen LogP contribution >= 0.6 is 0 Å². The van der Waals surface area contributed by atoms with Gasteiger partial charge in [0.1, 0.15) is 5.69 Å². The highest BCUT2D eigenvalue weighted by molar-refractivity contribution is 5.64. The number of nitro benzene ring substituents is 1. The Morgan fingerprint density at radius 1 is 1.59 bits per heavy atom. The van der Waals surface area contributed by atoms with Crippen molar-refractivity contribution in [1.29, 1.82) is 0 Å². The molecule has 17 heavy (non-hydrogen) atoms. The number of para-hydroxylation sites is 1. The number of nitrogens with zero attached hydrogens (tertiary/aromatic N) is 1. The molecule has 0 aliphatic carbocycles. The van der Waals surface area contributed by atoms with Crippen LogP contribution in [-0.4, -0.2) is 24.6 Å². The third-order valence-electron chi connectivity index (χ3n) is 3.16. The number of rotatable bonds is 4. The summed E-state index contributed by atoms with van der Waals surface area (Å²) < 4.78 is 0. The van der Waals surface area contributed by atoms with Crippen LogP contribution in [0.2, 0.25) is 0 Å². The Hall–Kier alpha value is -1.62. The van der Waals surface area contributed by atoms with Crippen molar-refractivity contribution in [2.45, 2.75) is 13.3 Å². The topological polar surface area (TPSA) is 67.2 Å². The van der Waals surface area contributed by atoms with Gasteiger partial charge in [0, 0.05) is 12.1 Å². The van der Waals surface area contributed by atoms with E-state index in [1.807, 2.05) is 6.07 Å². The molecule has 0 spiro atoms. The van der Waals surface area contributed by atoms with E-state index in [2.05, 4.69) is 10.6 Å². The lowest BCUT2D eigenvalue weighted by atomic mass is 10.1. The van der Waals surface area contributed by atoms with Crippen molar-refractivity contribution >= 4 is 11.4 Å². The van der Waals surface area contributed by atoms with Crippen molar-refractivity contribution in [3.05, 3.63) is 33.9 Å². The van der Waals surface area contributed by atoms with Gasteiger partial charge >= 0.3 is 0 Å². The van der Waals surface area contributed by atoms with Crippen LogP contribution in [-0.2, 0) is 0 Å². The third-order valence-corrected chi connectivity index (χ3v) is 3.16. The van der Waals surface area contributed by atoms with E-state index in [1.165, 1.54) is 0 Å². The van der Waals surface area contributed by atoms with E-state index in [0.29, 0.717) is 17.2 Å². The minimum Gasteiger partial charge on any atom is -0.379 e. The minimum absolute atomic E-state index is 0.193. The summed E-state index contributed by atoms with van der Waals surface area (Å²) in [7, 11) is 0. The second-order valence-electron chi connectivity index (χ2n) is 4.47. The maximum absolute atomic E-state index is 11.0. The van der Waals surface area contributed by atoms with Gasteiger partial charge in [-0.15, -0.1) is 0 Å². The smallest absolute Gasteiger partial charge is 0.295 e. The second-order valence-corrected chi connectivity index (χ2v) is 4.47. The number of hydrogen-bond donors (Lipinski definition) is 2. The van der Waals surface area contributed by atoms with Crippen LogP contribution < -0.4 is 10.6 Å². The molecule has 1 aromatic rings. The average Bonchev–Trinajstić information content (AvgIpc) is 2.78. The fourth-order valence-corrected chi connectivity index (χ4v) is 2.19. The summed E-state index contributed by atoms with van der Waals surface area (Å²) in [4.78, 5) is 10.7. The van der Waals surface area contributed by atoms with Crippen LogP contribution in [0.4, 0.5) is 11.4 Å². The first-order valence-electron chi connectivity index (χ1n) is 5.87. The van der Waals surface area contributed by atoms with Gasteiger partial charge in [0.2, 0.25) is 0 Å². The largest absolute Gasteiger partial charge is 0.379 e. The molecule has 1 aliphatic rings. The lowest BCUT2D eigenvalue weighted by Gasteiger charge is -2.12. The molecule has 0 amide bonds. The highest BCUT2D eigenvalue weighted by Gasteiger charge is 2.19. The summed E-state index contributed by atoms with van der Waals surface area (Å²) in [6, 6.07) is 5.38. The molecule has 5 nitrogen and oxygen atoms in total. The molecule has 2 N–H and O–H groups in total. The minimum atomic E-state index is -0.315. The highest BCUT2D eigenvalue weighted by atomic mass is 16.6. The molecule has 92 valence electrons. The van der Waals surface area contributed by atoms with E-state index < -0.39 is 0 Å². The maximum atomic E-state index is 11.0. The van der Waals surface area contributed by atoms with Gasteiger partial charge in [-0.25, -0.2) is 0 Å². The molecule has 0 bridgehead atoms. The molecule has 1 unspecified atom stereocenters. The number of benzene rings is 1. The summed E-state index contributed by atoms with van der Waals surface area (Å²) in [6.07, 6.45) is 1.13. The van der Waals surface area contributed by atoms with Gasteiger partial charge < -0.3 is 10.6 Å². The van der Waals surface area contributed by atoms with Gasteiger partial charge in [-0.2, -0.15) is 0 Å². The van der Waals surface area contributed by atoms with Crippen LogP contribution in [0.15, 0.2) is 18.2 Å². The molecule has 1 atom stereocenters. The van der Waals surface area contributed by atoms with Crippen molar-refractivity contribution in [3.8, 4) is 0 Å². The molecular formula is C12H17N3O2. The molecule has 1 aliphatic heterocycles. The van der Waals surface area contributed by atoms with E-state index in [9.17, 15) is 10.1 Å². The van der Waals surface area contributed by atoms with Crippen LogP contribution in [0.3, 0.4) is 0 Å². The first-order chi connectivity index (χ1) is 8.18. The normalized spacial score (nSPS) is 19.2. The quantitative estimate of drug-likeness (QED) is 0.618.